The van der Waals surface area contributed by atoms with Crippen molar-refractivity contribution in [2.24, 2.45) is 0 Å². The van der Waals surface area contributed by atoms with E-state index in [4.69, 9.17) is 21.1 Å². The highest BCUT2D eigenvalue weighted by molar-refractivity contribution is 6.32. The molecule has 0 spiro atoms. The van der Waals surface area contributed by atoms with Crippen LogP contribution in [0.25, 0.3) is 0 Å². The van der Waals surface area contributed by atoms with E-state index in [9.17, 15) is 14.9 Å². The largest absolute Gasteiger partial charge is 0.481 e. The Morgan fingerprint density at radius 1 is 1.45 bits per heavy atom. The highest BCUT2D eigenvalue weighted by Gasteiger charge is 2.18. The molecule has 22 heavy (non-hydrogen) atoms. The van der Waals surface area contributed by atoms with Crippen LogP contribution in [0.5, 0.6) is 0 Å². The molecule has 0 saturated carbocycles. The van der Waals surface area contributed by atoms with E-state index >= 15 is 0 Å². The topological polar surface area (TPSA) is 106 Å². The number of carboxylic acids is 1. The number of rotatable bonds is 7. The van der Waals surface area contributed by atoms with Crippen LogP contribution in [0.4, 0.5) is 5.69 Å². The summed E-state index contributed by atoms with van der Waals surface area (Å²) in [7, 11) is 0. The Bertz CT molecular complexity index is 672. The van der Waals surface area contributed by atoms with E-state index in [-0.39, 0.29) is 23.7 Å². The summed E-state index contributed by atoms with van der Waals surface area (Å²) in [5.41, 5.74) is 0.437. The highest BCUT2D eigenvalue weighted by atomic mass is 35.5. The van der Waals surface area contributed by atoms with Crippen LogP contribution in [0.1, 0.15) is 23.8 Å². The molecule has 7 nitrogen and oxygen atoms in total. The zero-order valence-electron chi connectivity index (χ0n) is 11.4. The summed E-state index contributed by atoms with van der Waals surface area (Å²) in [4.78, 5) is 21.2. The Kier molecular flexibility index (Phi) is 5.13. The second-order valence-electron chi connectivity index (χ2n) is 4.59. The number of aliphatic carboxylic acids is 1. The molecule has 2 aromatic rings. The Hall–Kier alpha value is -2.38. The van der Waals surface area contributed by atoms with Gasteiger partial charge in [0.1, 0.15) is 10.8 Å². The van der Waals surface area contributed by atoms with Crippen LogP contribution in [-0.2, 0) is 11.3 Å². The van der Waals surface area contributed by atoms with Gasteiger partial charge in [-0.3, -0.25) is 14.9 Å². The Balaban J connectivity index is 2.11. The Labute approximate surface area is 130 Å². The van der Waals surface area contributed by atoms with Crippen molar-refractivity contribution >= 4 is 23.3 Å². The third-order valence-electron chi connectivity index (χ3n) is 3.03. The van der Waals surface area contributed by atoms with Gasteiger partial charge >= 0.3 is 5.97 Å². The van der Waals surface area contributed by atoms with Crippen LogP contribution in [0.2, 0.25) is 5.02 Å². The summed E-state index contributed by atoms with van der Waals surface area (Å²) < 4.78 is 5.21. The summed E-state index contributed by atoms with van der Waals surface area (Å²) in [6.07, 6.45) is 1.29. The first-order valence-electron chi connectivity index (χ1n) is 6.38. The van der Waals surface area contributed by atoms with Gasteiger partial charge in [0.05, 0.1) is 23.6 Å². The SMILES string of the molecule is O=C(O)C[C@H](NCc1ccc(Cl)c([N+](=O)[O-])c1)c1ccco1. The van der Waals surface area contributed by atoms with Gasteiger partial charge in [-0.15, -0.1) is 0 Å². The van der Waals surface area contributed by atoms with Gasteiger partial charge in [0, 0.05) is 12.6 Å². The molecule has 2 N–H and O–H groups in total. The van der Waals surface area contributed by atoms with Crippen LogP contribution in [0.3, 0.4) is 0 Å². The maximum Gasteiger partial charge on any atom is 0.305 e. The van der Waals surface area contributed by atoms with Crippen molar-refractivity contribution in [3.63, 3.8) is 0 Å². The first-order valence-corrected chi connectivity index (χ1v) is 6.76. The Morgan fingerprint density at radius 3 is 2.82 bits per heavy atom. The molecule has 1 atom stereocenters. The minimum absolute atomic E-state index is 0.0573. The monoisotopic (exact) mass is 324 g/mol. The summed E-state index contributed by atoms with van der Waals surface area (Å²) in [6.45, 7) is 0.247. The Morgan fingerprint density at radius 2 is 2.23 bits per heavy atom. The molecule has 2 rings (SSSR count). The second kappa shape index (κ2) is 7.06. The van der Waals surface area contributed by atoms with Gasteiger partial charge in [-0.25, -0.2) is 0 Å². The van der Waals surface area contributed by atoms with Crippen molar-refractivity contribution in [2.75, 3.05) is 0 Å². The minimum Gasteiger partial charge on any atom is -0.481 e. The minimum atomic E-state index is -0.976. The molecule has 0 radical (unpaired) electrons. The van der Waals surface area contributed by atoms with Crippen LogP contribution in [0.15, 0.2) is 41.0 Å². The number of carboxylic acid groups (broad SMARTS) is 1. The molecule has 0 amide bonds. The van der Waals surface area contributed by atoms with E-state index in [1.54, 1.807) is 18.2 Å². The van der Waals surface area contributed by atoms with Gasteiger partial charge in [-0.05, 0) is 23.8 Å². The predicted molar refractivity (Wildman–Crippen MR) is 78.6 cm³/mol. The zero-order valence-corrected chi connectivity index (χ0v) is 12.1. The van der Waals surface area contributed by atoms with Crippen LogP contribution in [-0.4, -0.2) is 16.0 Å². The lowest BCUT2D eigenvalue weighted by Gasteiger charge is -2.14. The molecule has 1 heterocycles. The van der Waals surface area contributed by atoms with E-state index in [1.165, 1.54) is 18.4 Å². The molecule has 0 aliphatic heterocycles. The van der Waals surface area contributed by atoms with Crippen LogP contribution < -0.4 is 5.32 Å². The summed E-state index contributed by atoms with van der Waals surface area (Å²) >= 11 is 5.75. The van der Waals surface area contributed by atoms with Crippen molar-refractivity contribution in [3.05, 3.63) is 63.1 Å². The van der Waals surface area contributed by atoms with Gasteiger partial charge in [0.15, 0.2) is 0 Å². The van der Waals surface area contributed by atoms with Crippen LogP contribution >= 0.6 is 11.6 Å². The molecule has 0 fully saturated rings. The van der Waals surface area contributed by atoms with Gasteiger partial charge in [-0.2, -0.15) is 0 Å². The average molecular weight is 325 g/mol. The lowest BCUT2D eigenvalue weighted by atomic mass is 10.1. The molecule has 0 aliphatic rings. The fraction of sp³-hybridized carbons (Fsp3) is 0.214. The van der Waals surface area contributed by atoms with Crippen molar-refractivity contribution in [3.8, 4) is 0 Å². The predicted octanol–water partition coefficient (Wildman–Crippen LogP) is 3.15. The average Bonchev–Trinajstić information content (AvgIpc) is 2.98. The number of hydrogen-bond donors (Lipinski definition) is 2. The number of carbonyl (C=O) groups is 1. The van der Waals surface area contributed by atoms with E-state index in [0.29, 0.717) is 11.3 Å². The van der Waals surface area contributed by atoms with E-state index in [1.807, 2.05) is 0 Å². The molecule has 116 valence electrons. The van der Waals surface area contributed by atoms with Gasteiger partial charge < -0.3 is 14.8 Å². The molecule has 0 bridgehead atoms. The fourth-order valence-electron chi connectivity index (χ4n) is 1.99. The van der Waals surface area contributed by atoms with E-state index in [0.717, 1.165) is 0 Å². The summed E-state index contributed by atoms with van der Waals surface area (Å²) in [6, 6.07) is 7.25. The number of benzene rings is 1. The summed E-state index contributed by atoms with van der Waals surface area (Å²) in [5.74, 6) is -0.484. The lowest BCUT2D eigenvalue weighted by molar-refractivity contribution is -0.384. The number of halogens is 1. The smallest absolute Gasteiger partial charge is 0.305 e. The maximum absolute atomic E-state index is 10.9. The van der Waals surface area contributed by atoms with E-state index in [2.05, 4.69) is 5.32 Å². The molecule has 1 aromatic heterocycles. The quantitative estimate of drug-likeness (QED) is 0.598. The molecule has 0 unspecified atom stereocenters. The van der Waals surface area contributed by atoms with Gasteiger partial charge in [-0.1, -0.05) is 17.7 Å². The summed E-state index contributed by atoms with van der Waals surface area (Å²) in [5, 5.41) is 22.9. The molecule has 0 saturated heterocycles. The maximum atomic E-state index is 10.9. The van der Waals surface area contributed by atoms with Gasteiger partial charge in [0.2, 0.25) is 0 Å². The molecular weight excluding hydrogens is 312 g/mol. The number of nitro groups is 1. The molecule has 1 aromatic carbocycles. The highest BCUT2D eigenvalue weighted by Crippen LogP contribution is 2.25. The molecule has 0 aliphatic carbocycles. The van der Waals surface area contributed by atoms with Crippen molar-refractivity contribution in [1.29, 1.82) is 0 Å². The number of hydrogen-bond acceptors (Lipinski definition) is 5. The standard InChI is InChI=1S/C14H13ClN2O5/c15-10-4-3-9(6-12(10)17(20)21)8-16-11(7-14(18)19)13-2-1-5-22-13/h1-6,11,16H,7-8H2,(H,18,19)/t11-/m0/s1. The second-order valence-corrected chi connectivity index (χ2v) is 5.00. The zero-order chi connectivity index (χ0) is 16.1. The lowest BCUT2D eigenvalue weighted by Crippen LogP contribution is -2.23. The number of nitrogens with zero attached hydrogens (tertiary/aromatic N) is 1. The van der Waals surface area contributed by atoms with Crippen molar-refractivity contribution < 1.29 is 19.2 Å². The third kappa shape index (κ3) is 4.06. The van der Waals surface area contributed by atoms with Crippen molar-refractivity contribution in [1.82, 2.24) is 5.32 Å². The number of nitro benzene ring substituents is 1. The van der Waals surface area contributed by atoms with Crippen molar-refractivity contribution in [2.45, 2.75) is 19.0 Å². The fourth-order valence-corrected chi connectivity index (χ4v) is 2.17. The van der Waals surface area contributed by atoms with E-state index < -0.39 is 16.9 Å². The van der Waals surface area contributed by atoms with Gasteiger partial charge in [0.25, 0.3) is 5.69 Å². The first-order chi connectivity index (χ1) is 10.5. The number of furan rings is 1. The normalized spacial score (nSPS) is 12.0. The third-order valence-corrected chi connectivity index (χ3v) is 3.34. The molecule has 8 heteroatoms. The number of nitrogens with one attached hydrogen (secondary N) is 1. The van der Waals surface area contributed by atoms with Crippen LogP contribution in [0, 0.1) is 10.1 Å². The molecular formula is C14H13ClN2O5. The first kappa shape index (κ1) is 16.0.